The number of sulfone groups is 1. The molecule has 0 bridgehead atoms. The van der Waals surface area contributed by atoms with Gasteiger partial charge < -0.3 is 10.5 Å². The van der Waals surface area contributed by atoms with Gasteiger partial charge in [-0.15, -0.1) is 0 Å². The Hall–Kier alpha value is -0.170. The van der Waals surface area contributed by atoms with Crippen molar-refractivity contribution in [2.45, 2.75) is 32.2 Å². The van der Waals surface area contributed by atoms with E-state index in [2.05, 4.69) is 4.90 Å². The highest BCUT2D eigenvalue weighted by Crippen LogP contribution is 2.28. The smallest absolute Gasteiger partial charge is 0.152 e. The van der Waals surface area contributed by atoms with E-state index in [-0.39, 0.29) is 11.3 Å². The number of nitrogens with two attached hydrogens (primary N) is 1. The standard InChI is InChI=1S/C12H26N2O3S/c1-3-14(7-8-17-4-2)12(10-13)6-5-9-18(15,16)11-12/h3-11,13H2,1-2H3. The molecule has 0 aromatic carbocycles. The van der Waals surface area contributed by atoms with Gasteiger partial charge in [0, 0.05) is 25.2 Å². The topological polar surface area (TPSA) is 72.6 Å². The van der Waals surface area contributed by atoms with Crippen LogP contribution in [0.5, 0.6) is 0 Å². The van der Waals surface area contributed by atoms with Crippen LogP contribution in [0.1, 0.15) is 26.7 Å². The summed E-state index contributed by atoms with van der Waals surface area (Å²) in [6.45, 7) is 7.27. The fourth-order valence-electron chi connectivity index (χ4n) is 2.76. The zero-order chi connectivity index (χ0) is 13.6. The van der Waals surface area contributed by atoms with E-state index < -0.39 is 9.84 Å². The van der Waals surface area contributed by atoms with Gasteiger partial charge in [0.1, 0.15) is 0 Å². The van der Waals surface area contributed by atoms with Gasteiger partial charge in [-0.05, 0) is 26.3 Å². The SMILES string of the molecule is CCOCCN(CC)C1(CN)CCCS(=O)(=O)C1. The Kier molecular flexibility index (Phi) is 6.04. The normalized spacial score (nSPS) is 27.6. The quantitative estimate of drug-likeness (QED) is 0.676. The maximum atomic E-state index is 11.9. The number of rotatable bonds is 7. The molecule has 0 amide bonds. The first-order chi connectivity index (χ1) is 8.49. The summed E-state index contributed by atoms with van der Waals surface area (Å²) in [7, 11) is -2.95. The highest BCUT2D eigenvalue weighted by atomic mass is 32.2. The van der Waals surface area contributed by atoms with Crippen molar-refractivity contribution in [1.29, 1.82) is 0 Å². The molecule has 18 heavy (non-hydrogen) atoms. The number of likely N-dealkylation sites (N-methyl/N-ethyl adjacent to an activating group) is 1. The van der Waals surface area contributed by atoms with Crippen LogP contribution >= 0.6 is 0 Å². The summed E-state index contributed by atoms with van der Waals surface area (Å²) in [5.74, 6) is 0.494. The molecule has 1 saturated heterocycles. The fraction of sp³-hybridized carbons (Fsp3) is 1.00. The third-order valence-electron chi connectivity index (χ3n) is 3.73. The second kappa shape index (κ2) is 6.84. The van der Waals surface area contributed by atoms with Gasteiger partial charge in [0.05, 0.1) is 18.1 Å². The van der Waals surface area contributed by atoms with Crippen molar-refractivity contribution >= 4 is 9.84 Å². The summed E-state index contributed by atoms with van der Waals surface area (Å²) in [4.78, 5) is 2.18. The van der Waals surface area contributed by atoms with E-state index >= 15 is 0 Å². The molecule has 1 heterocycles. The van der Waals surface area contributed by atoms with E-state index in [0.29, 0.717) is 31.9 Å². The maximum Gasteiger partial charge on any atom is 0.152 e. The molecule has 0 radical (unpaired) electrons. The molecule has 1 fully saturated rings. The number of hydrogen-bond donors (Lipinski definition) is 1. The molecule has 0 spiro atoms. The third-order valence-corrected chi connectivity index (χ3v) is 5.62. The van der Waals surface area contributed by atoms with Crippen LogP contribution in [-0.4, -0.2) is 63.2 Å². The lowest BCUT2D eigenvalue weighted by Crippen LogP contribution is -2.60. The maximum absolute atomic E-state index is 11.9. The number of ether oxygens (including phenoxy) is 1. The van der Waals surface area contributed by atoms with E-state index in [0.717, 1.165) is 19.5 Å². The van der Waals surface area contributed by atoms with Crippen molar-refractivity contribution in [3.63, 3.8) is 0 Å². The predicted octanol–water partition coefficient (Wildman–Crippen LogP) is 0.251. The molecule has 1 aliphatic rings. The van der Waals surface area contributed by atoms with Gasteiger partial charge in [0.2, 0.25) is 0 Å². The molecule has 6 heteroatoms. The largest absolute Gasteiger partial charge is 0.380 e. The zero-order valence-corrected chi connectivity index (χ0v) is 12.3. The van der Waals surface area contributed by atoms with Crippen molar-refractivity contribution < 1.29 is 13.2 Å². The second-order valence-corrected chi connectivity index (χ2v) is 7.08. The zero-order valence-electron chi connectivity index (χ0n) is 11.5. The Balaban J connectivity index is 2.76. The highest BCUT2D eigenvalue weighted by molar-refractivity contribution is 7.91. The molecule has 0 aromatic rings. The van der Waals surface area contributed by atoms with Gasteiger partial charge in [0.25, 0.3) is 0 Å². The van der Waals surface area contributed by atoms with Crippen LogP contribution in [0.2, 0.25) is 0 Å². The molecule has 1 atom stereocenters. The van der Waals surface area contributed by atoms with Gasteiger partial charge in [0.15, 0.2) is 9.84 Å². The van der Waals surface area contributed by atoms with Gasteiger partial charge in [-0.1, -0.05) is 6.92 Å². The molecule has 0 saturated carbocycles. The molecule has 0 aliphatic carbocycles. The fourth-order valence-corrected chi connectivity index (χ4v) is 4.76. The van der Waals surface area contributed by atoms with E-state index in [4.69, 9.17) is 10.5 Å². The third kappa shape index (κ3) is 3.91. The summed E-state index contributed by atoms with van der Waals surface area (Å²) in [5.41, 5.74) is 5.51. The molecule has 108 valence electrons. The first kappa shape index (κ1) is 15.9. The molecule has 1 aliphatic heterocycles. The summed E-state index contributed by atoms with van der Waals surface area (Å²) in [6.07, 6.45) is 1.58. The van der Waals surface area contributed by atoms with Gasteiger partial charge >= 0.3 is 0 Å². The summed E-state index contributed by atoms with van der Waals surface area (Å²) in [6, 6.07) is 0. The first-order valence-electron chi connectivity index (χ1n) is 6.73. The van der Waals surface area contributed by atoms with Crippen LogP contribution in [0.15, 0.2) is 0 Å². The van der Waals surface area contributed by atoms with Crippen LogP contribution in [-0.2, 0) is 14.6 Å². The predicted molar refractivity (Wildman–Crippen MR) is 73.4 cm³/mol. The number of hydrogen-bond acceptors (Lipinski definition) is 5. The monoisotopic (exact) mass is 278 g/mol. The van der Waals surface area contributed by atoms with Crippen molar-refractivity contribution in [2.24, 2.45) is 5.73 Å². The second-order valence-electron chi connectivity index (χ2n) is 4.90. The van der Waals surface area contributed by atoms with Gasteiger partial charge in [-0.25, -0.2) is 8.42 Å². The average Bonchev–Trinajstić information content (AvgIpc) is 2.33. The molecule has 2 N–H and O–H groups in total. The van der Waals surface area contributed by atoms with Crippen molar-refractivity contribution in [3.05, 3.63) is 0 Å². The van der Waals surface area contributed by atoms with Crippen molar-refractivity contribution in [2.75, 3.05) is 44.4 Å². The van der Waals surface area contributed by atoms with E-state index in [1.54, 1.807) is 0 Å². The minimum atomic E-state index is -2.95. The van der Waals surface area contributed by atoms with Crippen LogP contribution in [0.3, 0.4) is 0 Å². The minimum Gasteiger partial charge on any atom is -0.380 e. The Morgan fingerprint density at radius 3 is 2.61 bits per heavy atom. The molecule has 1 rings (SSSR count). The lowest BCUT2D eigenvalue weighted by molar-refractivity contribution is 0.0558. The average molecular weight is 278 g/mol. The molecular weight excluding hydrogens is 252 g/mol. The Labute approximate surface area is 111 Å². The van der Waals surface area contributed by atoms with Crippen LogP contribution in [0, 0.1) is 0 Å². The Morgan fingerprint density at radius 1 is 1.39 bits per heavy atom. The lowest BCUT2D eigenvalue weighted by atomic mass is 9.93. The van der Waals surface area contributed by atoms with Gasteiger partial charge in [-0.2, -0.15) is 0 Å². The molecular formula is C12H26N2O3S. The highest BCUT2D eigenvalue weighted by Gasteiger charge is 2.41. The molecule has 0 aromatic heterocycles. The van der Waals surface area contributed by atoms with E-state index in [9.17, 15) is 8.42 Å². The first-order valence-corrected chi connectivity index (χ1v) is 8.55. The number of nitrogens with zero attached hydrogens (tertiary/aromatic N) is 1. The van der Waals surface area contributed by atoms with Crippen molar-refractivity contribution in [3.8, 4) is 0 Å². The van der Waals surface area contributed by atoms with Crippen LogP contribution in [0.25, 0.3) is 0 Å². The van der Waals surface area contributed by atoms with Crippen LogP contribution in [0.4, 0.5) is 0 Å². The lowest BCUT2D eigenvalue weighted by Gasteiger charge is -2.45. The van der Waals surface area contributed by atoms with Crippen LogP contribution < -0.4 is 5.73 Å². The molecule has 5 nitrogen and oxygen atoms in total. The summed E-state index contributed by atoms with van der Waals surface area (Å²) >= 11 is 0. The Morgan fingerprint density at radius 2 is 2.11 bits per heavy atom. The Bertz CT molecular complexity index is 345. The van der Waals surface area contributed by atoms with E-state index in [1.165, 1.54) is 0 Å². The minimum absolute atomic E-state index is 0.191. The molecule has 1 unspecified atom stereocenters. The van der Waals surface area contributed by atoms with Crippen molar-refractivity contribution in [1.82, 2.24) is 4.90 Å². The van der Waals surface area contributed by atoms with E-state index in [1.807, 2.05) is 13.8 Å². The summed E-state index contributed by atoms with van der Waals surface area (Å²) in [5, 5.41) is 0. The summed E-state index contributed by atoms with van der Waals surface area (Å²) < 4.78 is 29.1. The van der Waals surface area contributed by atoms with Gasteiger partial charge in [-0.3, -0.25) is 4.90 Å².